The average molecular weight is 238 g/mol. The zero-order valence-corrected chi connectivity index (χ0v) is 10.5. The van der Waals surface area contributed by atoms with Gasteiger partial charge in [-0.1, -0.05) is 6.92 Å². The number of hydrogen-bond donors (Lipinski definition) is 3. The van der Waals surface area contributed by atoms with Crippen molar-refractivity contribution in [2.45, 2.75) is 46.0 Å². The second-order valence-corrected chi connectivity index (χ2v) is 4.76. The van der Waals surface area contributed by atoms with Crippen LogP contribution in [0.5, 0.6) is 11.5 Å². The molecule has 17 heavy (non-hydrogen) atoms. The molecule has 4 heteroatoms. The lowest BCUT2D eigenvalue weighted by Gasteiger charge is -2.35. The smallest absolute Gasteiger partial charge is 0.185 e. The summed E-state index contributed by atoms with van der Waals surface area (Å²) >= 11 is 0. The van der Waals surface area contributed by atoms with Gasteiger partial charge in [0.1, 0.15) is 11.5 Å². The van der Waals surface area contributed by atoms with Crippen molar-refractivity contribution >= 4 is 0 Å². The fourth-order valence-corrected chi connectivity index (χ4v) is 2.51. The number of aliphatic hydroxyl groups excluding tert-OH is 1. The van der Waals surface area contributed by atoms with E-state index in [4.69, 9.17) is 4.74 Å². The fraction of sp³-hybridized carbons (Fsp3) is 0.538. The summed E-state index contributed by atoms with van der Waals surface area (Å²) in [7, 11) is 0. The van der Waals surface area contributed by atoms with Gasteiger partial charge in [-0.25, -0.2) is 0 Å². The summed E-state index contributed by atoms with van der Waals surface area (Å²) in [6.45, 7) is 7.23. The van der Waals surface area contributed by atoms with E-state index in [1.165, 1.54) is 0 Å². The quantitative estimate of drug-likeness (QED) is 0.648. The normalized spacial score (nSPS) is 27.9. The molecule has 4 nitrogen and oxygen atoms in total. The minimum Gasteiger partial charge on any atom is -0.507 e. The molecular weight excluding hydrogens is 220 g/mol. The van der Waals surface area contributed by atoms with Gasteiger partial charge in [0.05, 0.1) is 11.7 Å². The molecule has 3 N–H and O–H groups in total. The zero-order valence-electron chi connectivity index (χ0n) is 10.5. The summed E-state index contributed by atoms with van der Waals surface area (Å²) in [4.78, 5) is 0. The van der Waals surface area contributed by atoms with Crippen LogP contribution in [0.1, 0.15) is 48.3 Å². The highest BCUT2D eigenvalue weighted by Gasteiger charge is 2.35. The first-order valence-corrected chi connectivity index (χ1v) is 5.74. The predicted molar refractivity (Wildman–Crippen MR) is 63.2 cm³/mol. The van der Waals surface area contributed by atoms with Crippen molar-refractivity contribution in [1.82, 2.24) is 0 Å². The lowest BCUT2D eigenvalue weighted by Crippen LogP contribution is -2.28. The van der Waals surface area contributed by atoms with E-state index in [0.29, 0.717) is 16.7 Å². The SMILES string of the molecule is Cc1c(O)c(C)c2c(c1O)C(O)OC(C)C2C. The van der Waals surface area contributed by atoms with Crippen LogP contribution in [-0.4, -0.2) is 21.4 Å². The van der Waals surface area contributed by atoms with Gasteiger partial charge in [-0.05, 0) is 31.9 Å². The Kier molecular flexibility index (Phi) is 2.79. The molecule has 2 rings (SSSR count). The first kappa shape index (κ1) is 12.2. The standard InChI is InChI=1S/C13H18O4/c1-5-8(4)17-13(16)10-9(5)6(2)11(14)7(3)12(10)15/h5,8,13-16H,1-4H3. The van der Waals surface area contributed by atoms with Gasteiger partial charge in [-0.15, -0.1) is 0 Å². The first-order valence-electron chi connectivity index (χ1n) is 5.74. The Balaban J connectivity index is 2.78. The Bertz CT molecular complexity index is 467. The molecule has 3 unspecified atom stereocenters. The van der Waals surface area contributed by atoms with Gasteiger partial charge in [0.25, 0.3) is 0 Å². The molecule has 1 aromatic rings. The number of hydrogen-bond acceptors (Lipinski definition) is 4. The number of benzene rings is 1. The van der Waals surface area contributed by atoms with Crippen LogP contribution < -0.4 is 0 Å². The minimum absolute atomic E-state index is 0.0193. The first-order chi connectivity index (χ1) is 7.86. The molecule has 1 heterocycles. The summed E-state index contributed by atoms with van der Waals surface area (Å²) < 4.78 is 5.37. The molecule has 3 atom stereocenters. The van der Waals surface area contributed by atoms with Crippen molar-refractivity contribution in [3.05, 3.63) is 22.3 Å². The topological polar surface area (TPSA) is 69.9 Å². The van der Waals surface area contributed by atoms with Crippen LogP contribution in [0.4, 0.5) is 0 Å². The summed E-state index contributed by atoms with van der Waals surface area (Å²) in [5.41, 5.74) is 2.27. The van der Waals surface area contributed by atoms with Crippen molar-refractivity contribution in [1.29, 1.82) is 0 Å². The lowest BCUT2D eigenvalue weighted by atomic mass is 9.83. The second-order valence-electron chi connectivity index (χ2n) is 4.76. The fourth-order valence-electron chi connectivity index (χ4n) is 2.51. The van der Waals surface area contributed by atoms with Gasteiger partial charge >= 0.3 is 0 Å². The van der Waals surface area contributed by atoms with E-state index in [-0.39, 0.29) is 23.5 Å². The van der Waals surface area contributed by atoms with Gasteiger partial charge in [-0.2, -0.15) is 0 Å². The maximum atomic E-state index is 10.0. The van der Waals surface area contributed by atoms with E-state index < -0.39 is 6.29 Å². The van der Waals surface area contributed by atoms with Gasteiger partial charge in [0.2, 0.25) is 0 Å². The summed E-state index contributed by atoms with van der Waals surface area (Å²) in [6.07, 6.45) is -1.29. The second kappa shape index (κ2) is 3.89. The Labute approximate surface area is 100 Å². The summed E-state index contributed by atoms with van der Waals surface area (Å²) in [6, 6.07) is 0. The minimum atomic E-state index is -1.13. The monoisotopic (exact) mass is 238 g/mol. The third kappa shape index (κ3) is 1.59. The van der Waals surface area contributed by atoms with Crippen molar-refractivity contribution in [2.24, 2.45) is 0 Å². The highest BCUT2D eigenvalue weighted by Crippen LogP contribution is 2.47. The number of aromatic hydroxyl groups is 2. The lowest BCUT2D eigenvalue weighted by molar-refractivity contribution is -0.151. The molecule has 94 valence electrons. The Hall–Kier alpha value is -1.26. The van der Waals surface area contributed by atoms with Crippen molar-refractivity contribution in [3.8, 4) is 11.5 Å². The largest absolute Gasteiger partial charge is 0.507 e. The van der Waals surface area contributed by atoms with E-state index in [1.807, 2.05) is 13.8 Å². The number of rotatable bonds is 0. The predicted octanol–water partition coefficient (Wildman–Crippen LogP) is 2.23. The highest BCUT2D eigenvalue weighted by atomic mass is 16.6. The molecule has 1 aliphatic rings. The van der Waals surface area contributed by atoms with Gasteiger partial charge in [-0.3, -0.25) is 0 Å². The maximum absolute atomic E-state index is 10.0. The molecule has 1 aromatic carbocycles. The Morgan fingerprint density at radius 3 is 2.12 bits per heavy atom. The number of phenols is 2. The average Bonchev–Trinajstić information content (AvgIpc) is 2.28. The Morgan fingerprint density at radius 2 is 1.53 bits per heavy atom. The molecule has 0 radical (unpaired) electrons. The number of aliphatic hydroxyl groups is 1. The molecule has 0 spiro atoms. The van der Waals surface area contributed by atoms with E-state index in [0.717, 1.165) is 5.56 Å². The van der Waals surface area contributed by atoms with Gasteiger partial charge in [0, 0.05) is 11.5 Å². The van der Waals surface area contributed by atoms with Crippen molar-refractivity contribution in [2.75, 3.05) is 0 Å². The van der Waals surface area contributed by atoms with Crippen LogP contribution in [0, 0.1) is 13.8 Å². The molecule has 0 aliphatic carbocycles. The summed E-state index contributed by atoms with van der Waals surface area (Å²) in [5.74, 6) is 0.0366. The van der Waals surface area contributed by atoms with Crippen LogP contribution in [0.3, 0.4) is 0 Å². The van der Waals surface area contributed by atoms with E-state index in [1.54, 1.807) is 13.8 Å². The molecule has 0 saturated carbocycles. The van der Waals surface area contributed by atoms with E-state index >= 15 is 0 Å². The van der Waals surface area contributed by atoms with Crippen molar-refractivity contribution in [3.63, 3.8) is 0 Å². The van der Waals surface area contributed by atoms with Crippen LogP contribution in [-0.2, 0) is 4.74 Å². The van der Waals surface area contributed by atoms with Crippen LogP contribution >= 0.6 is 0 Å². The molecule has 0 bridgehead atoms. The molecule has 0 saturated heterocycles. The maximum Gasteiger partial charge on any atom is 0.185 e. The number of ether oxygens (including phenoxy) is 1. The highest BCUT2D eigenvalue weighted by molar-refractivity contribution is 5.59. The third-order valence-electron chi connectivity index (χ3n) is 3.76. The van der Waals surface area contributed by atoms with Gasteiger partial charge < -0.3 is 20.1 Å². The molecule has 0 fully saturated rings. The van der Waals surface area contributed by atoms with E-state index in [9.17, 15) is 15.3 Å². The zero-order chi connectivity index (χ0) is 12.9. The van der Waals surface area contributed by atoms with Gasteiger partial charge in [0.15, 0.2) is 6.29 Å². The van der Waals surface area contributed by atoms with Crippen LogP contribution in [0.25, 0.3) is 0 Å². The summed E-state index contributed by atoms with van der Waals surface area (Å²) in [5, 5.41) is 29.9. The molecule has 0 aromatic heterocycles. The Morgan fingerprint density at radius 1 is 0.941 bits per heavy atom. The number of fused-ring (bicyclic) bond motifs is 1. The number of phenolic OH excluding ortho intramolecular Hbond substituents is 2. The van der Waals surface area contributed by atoms with E-state index in [2.05, 4.69) is 0 Å². The third-order valence-corrected chi connectivity index (χ3v) is 3.76. The molecule has 0 amide bonds. The van der Waals surface area contributed by atoms with Crippen molar-refractivity contribution < 1.29 is 20.1 Å². The van der Waals surface area contributed by atoms with Crippen LogP contribution in [0.2, 0.25) is 0 Å². The molecular formula is C13H18O4. The van der Waals surface area contributed by atoms with Crippen LogP contribution in [0.15, 0.2) is 0 Å². The molecule has 1 aliphatic heterocycles.